The number of nitrogens with one attached hydrogen (secondary N) is 1. The van der Waals surface area contributed by atoms with E-state index in [0.29, 0.717) is 6.54 Å². The van der Waals surface area contributed by atoms with Crippen LogP contribution in [0.1, 0.15) is 6.92 Å². The number of rotatable bonds is 3. The third-order valence-electron chi connectivity index (χ3n) is 3.17. The van der Waals surface area contributed by atoms with Gasteiger partial charge in [-0.05, 0) is 31.2 Å². The Morgan fingerprint density at radius 3 is 2.67 bits per heavy atom. The van der Waals surface area contributed by atoms with E-state index < -0.39 is 6.04 Å². The van der Waals surface area contributed by atoms with Crippen LogP contribution in [0, 0.1) is 0 Å². The number of carbonyl (C=O) groups excluding carboxylic acids is 1. The Labute approximate surface area is 106 Å². The van der Waals surface area contributed by atoms with E-state index in [1.165, 1.54) is 0 Å². The Morgan fingerprint density at radius 1 is 1.44 bits per heavy atom. The van der Waals surface area contributed by atoms with Crippen LogP contribution in [0.15, 0.2) is 24.3 Å². The van der Waals surface area contributed by atoms with E-state index >= 15 is 0 Å². The van der Waals surface area contributed by atoms with Gasteiger partial charge in [0, 0.05) is 18.3 Å². The van der Waals surface area contributed by atoms with Crippen LogP contribution in [-0.2, 0) is 4.79 Å². The lowest BCUT2D eigenvalue weighted by molar-refractivity contribution is -0.123. The zero-order valence-corrected chi connectivity index (χ0v) is 10.6. The summed E-state index contributed by atoms with van der Waals surface area (Å²) in [6.45, 7) is 2.46. The summed E-state index contributed by atoms with van der Waals surface area (Å²) in [4.78, 5) is 13.9. The predicted molar refractivity (Wildman–Crippen MR) is 68.8 cm³/mol. The molecule has 0 saturated carbocycles. The summed E-state index contributed by atoms with van der Waals surface area (Å²) in [7, 11) is 1.61. The van der Waals surface area contributed by atoms with Crippen LogP contribution in [0.4, 0.5) is 5.69 Å². The van der Waals surface area contributed by atoms with Crippen LogP contribution in [0.25, 0.3) is 0 Å². The first kappa shape index (κ1) is 12.9. The summed E-state index contributed by atoms with van der Waals surface area (Å²) in [5.74, 6) is 0.661. The number of anilines is 1. The fraction of sp³-hybridized carbons (Fsp3) is 0.462. The summed E-state index contributed by atoms with van der Waals surface area (Å²) in [6, 6.07) is 6.91. The number of nitrogens with zero attached hydrogens (tertiary/aromatic N) is 1. The second-order valence-electron chi connectivity index (χ2n) is 4.40. The highest BCUT2D eigenvalue weighted by Crippen LogP contribution is 2.23. The SMILES string of the molecule is COc1ccc(N2C(=O)C(CO)NCC2C)cc1. The molecule has 0 bridgehead atoms. The van der Waals surface area contributed by atoms with Crippen molar-refractivity contribution in [2.75, 3.05) is 25.2 Å². The van der Waals surface area contributed by atoms with E-state index in [0.717, 1.165) is 11.4 Å². The van der Waals surface area contributed by atoms with Crippen molar-refractivity contribution >= 4 is 11.6 Å². The summed E-state index contributed by atoms with van der Waals surface area (Å²) in [6.07, 6.45) is 0. The highest BCUT2D eigenvalue weighted by atomic mass is 16.5. The number of hydrogen-bond acceptors (Lipinski definition) is 4. The van der Waals surface area contributed by atoms with Gasteiger partial charge < -0.3 is 20.1 Å². The molecular formula is C13H18N2O3. The first-order valence-electron chi connectivity index (χ1n) is 5.98. The van der Waals surface area contributed by atoms with Crippen LogP contribution < -0.4 is 15.0 Å². The van der Waals surface area contributed by atoms with Gasteiger partial charge in [-0.25, -0.2) is 0 Å². The molecule has 18 heavy (non-hydrogen) atoms. The molecule has 1 amide bonds. The number of benzene rings is 1. The Bertz CT molecular complexity index is 419. The van der Waals surface area contributed by atoms with Gasteiger partial charge >= 0.3 is 0 Å². The maximum absolute atomic E-state index is 12.2. The molecule has 0 radical (unpaired) electrons. The fourth-order valence-electron chi connectivity index (χ4n) is 2.14. The van der Waals surface area contributed by atoms with Gasteiger partial charge in [0.05, 0.1) is 13.7 Å². The van der Waals surface area contributed by atoms with Crippen LogP contribution in [-0.4, -0.2) is 43.4 Å². The quantitative estimate of drug-likeness (QED) is 0.814. The van der Waals surface area contributed by atoms with Crippen molar-refractivity contribution in [3.8, 4) is 5.75 Å². The van der Waals surface area contributed by atoms with Gasteiger partial charge in [0.25, 0.3) is 0 Å². The Hall–Kier alpha value is -1.59. The monoisotopic (exact) mass is 250 g/mol. The van der Waals surface area contributed by atoms with Crippen molar-refractivity contribution in [1.29, 1.82) is 0 Å². The van der Waals surface area contributed by atoms with Crippen molar-refractivity contribution in [3.05, 3.63) is 24.3 Å². The molecule has 0 aliphatic carbocycles. The van der Waals surface area contributed by atoms with Gasteiger partial charge in [0.1, 0.15) is 11.8 Å². The minimum atomic E-state index is -0.511. The standard InChI is InChI=1S/C13H18N2O3/c1-9-7-14-12(8-16)13(17)15(9)10-3-5-11(18-2)6-4-10/h3-6,9,12,14,16H,7-8H2,1-2H3. The molecular weight excluding hydrogens is 232 g/mol. The molecule has 2 rings (SSSR count). The molecule has 1 heterocycles. The Kier molecular flexibility index (Phi) is 3.84. The zero-order chi connectivity index (χ0) is 13.1. The van der Waals surface area contributed by atoms with Crippen molar-refractivity contribution in [3.63, 3.8) is 0 Å². The van der Waals surface area contributed by atoms with Gasteiger partial charge in [-0.1, -0.05) is 0 Å². The maximum Gasteiger partial charge on any atom is 0.246 e. The van der Waals surface area contributed by atoms with Crippen LogP contribution in [0.2, 0.25) is 0 Å². The van der Waals surface area contributed by atoms with Gasteiger partial charge in [0.15, 0.2) is 0 Å². The second-order valence-corrected chi connectivity index (χ2v) is 4.40. The molecule has 1 aromatic rings. The van der Waals surface area contributed by atoms with Crippen molar-refractivity contribution in [2.45, 2.75) is 19.0 Å². The second kappa shape index (κ2) is 5.37. The van der Waals surface area contributed by atoms with Gasteiger partial charge in [-0.3, -0.25) is 4.79 Å². The summed E-state index contributed by atoms with van der Waals surface area (Å²) in [5.41, 5.74) is 0.827. The minimum absolute atomic E-state index is 0.0636. The number of aliphatic hydroxyl groups excluding tert-OH is 1. The van der Waals surface area contributed by atoms with Crippen molar-refractivity contribution < 1.29 is 14.6 Å². The topological polar surface area (TPSA) is 61.8 Å². The van der Waals surface area contributed by atoms with Crippen LogP contribution in [0.5, 0.6) is 5.75 Å². The number of amides is 1. The number of methoxy groups -OCH3 is 1. The molecule has 1 fully saturated rings. The average Bonchev–Trinajstić information content (AvgIpc) is 2.40. The third kappa shape index (κ3) is 2.32. The van der Waals surface area contributed by atoms with Gasteiger partial charge in [0.2, 0.25) is 5.91 Å². The Morgan fingerprint density at radius 2 is 2.11 bits per heavy atom. The summed E-state index contributed by atoms with van der Waals surface area (Å²) < 4.78 is 5.10. The van der Waals surface area contributed by atoms with Crippen molar-refractivity contribution in [2.24, 2.45) is 0 Å². The van der Waals surface area contributed by atoms with E-state index in [2.05, 4.69) is 5.32 Å². The summed E-state index contributed by atoms with van der Waals surface area (Å²) in [5, 5.41) is 12.2. The normalized spacial score (nSPS) is 24.2. The van der Waals surface area contributed by atoms with Crippen LogP contribution >= 0.6 is 0 Å². The molecule has 5 heteroatoms. The number of ether oxygens (including phenoxy) is 1. The largest absolute Gasteiger partial charge is 0.497 e. The minimum Gasteiger partial charge on any atom is -0.497 e. The van der Waals surface area contributed by atoms with E-state index in [9.17, 15) is 4.79 Å². The lowest BCUT2D eigenvalue weighted by Crippen LogP contribution is -2.60. The van der Waals surface area contributed by atoms with Crippen LogP contribution in [0.3, 0.4) is 0 Å². The van der Waals surface area contributed by atoms with E-state index in [4.69, 9.17) is 9.84 Å². The molecule has 1 aromatic carbocycles. The lowest BCUT2D eigenvalue weighted by atomic mass is 10.1. The highest BCUT2D eigenvalue weighted by Gasteiger charge is 2.33. The van der Waals surface area contributed by atoms with Gasteiger partial charge in [-0.2, -0.15) is 0 Å². The molecule has 2 atom stereocenters. The molecule has 1 aliphatic heterocycles. The molecule has 5 nitrogen and oxygen atoms in total. The fourth-order valence-corrected chi connectivity index (χ4v) is 2.14. The van der Waals surface area contributed by atoms with E-state index in [-0.39, 0.29) is 18.6 Å². The predicted octanol–water partition coefficient (Wildman–Crippen LogP) is 0.381. The molecule has 0 aromatic heterocycles. The summed E-state index contributed by atoms with van der Waals surface area (Å²) >= 11 is 0. The molecule has 1 aliphatic rings. The maximum atomic E-state index is 12.2. The molecule has 98 valence electrons. The van der Waals surface area contributed by atoms with Gasteiger partial charge in [-0.15, -0.1) is 0 Å². The lowest BCUT2D eigenvalue weighted by Gasteiger charge is -2.37. The highest BCUT2D eigenvalue weighted by molar-refractivity contribution is 5.98. The molecule has 0 spiro atoms. The first-order chi connectivity index (χ1) is 8.67. The smallest absolute Gasteiger partial charge is 0.246 e. The van der Waals surface area contributed by atoms with Crippen molar-refractivity contribution in [1.82, 2.24) is 5.32 Å². The number of aliphatic hydroxyl groups is 1. The first-order valence-corrected chi connectivity index (χ1v) is 5.98. The number of piperazine rings is 1. The van der Waals surface area contributed by atoms with E-state index in [1.807, 2.05) is 31.2 Å². The third-order valence-corrected chi connectivity index (χ3v) is 3.17. The Balaban J connectivity index is 2.25. The van der Waals surface area contributed by atoms with E-state index in [1.54, 1.807) is 12.0 Å². The average molecular weight is 250 g/mol. The molecule has 1 saturated heterocycles. The number of carbonyl (C=O) groups is 1. The molecule has 2 N–H and O–H groups in total. The zero-order valence-electron chi connectivity index (χ0n) is 10.6. The molecule has 2 unspecified atom stereocenters. The number of hydrogen-bond donors (Lipinski definition) is 2.